The molecule has 8 heteroatoms. The minimum atomic E-state index is -0.249. The number of H-pyrrole nitrogens is 1. The van der Waals surface area contributed by atoms with Crippen molar-refractivity contribution in [2.75, 3.05) is 10.6 Å². The molecule has 6 nitrogen and oxygen atoms in total. The van der Waals surface area contributed by atoms with E-state index in [9.17, 15) is 4.39 Å². The number of fused-ring (bicyclic) bond motifs is 2. The van der Waals surface area contributed by atoms with Gasteiger partial charge in [-0.05, 0) is 47.3 Å². The molecule has 28 heavy (non-hydrogen) atoms. The lowest BCUT2D eigenvalue weighted by Gasteiger charge is -2.10. The highest BCUT2D eigenvalue weighted by molar-refractivity contribution is 7.17. The van der Waals surface area contributed by atoms with Crippen LogP contribution < -0.4 is 10.6 Å². The van der Waals surface area contributed by atoms with Crippen LogP contribution in [0.15, 0.2) is 60.1 Å². The first-order valence-corrected chi connectivity index (χ1v) is 9.56. The Morgan fingerprint density at radius 3 is 2.82 bits per heavy atom. The Labute approximate surface area is 163 Å². The van der Waals surface area contributed by atoms with Crippen molar-refractivity contribution < 1.29 is 4.39 Å². The largest absolute Gasteiger partial charge is 0.350 e. The van der Waals surface area contributed by atoms with Gasteiger partial charge in [-0.3, -0.25) is 5.10 Å². The molecule has 3 N–H and O–H groups in total. The molecule has 0 unspecified atom stereocenters. The number of nitrogens with zero attached hydrogens (tertiary/aromatic N) is 3. The van der Waals surface area contributed by atoms with E-state index < -0.39 is 0 Å². The van der Waals surface area contributed by atoms with Crippen molar-refractivity contribution >= 4 is 49.9 Å². The van der Waals surface area contributed by atoms with E-state index in [0.717, 1.165) is 38.2 Å². The Kier molecular flexibility index (Phi) is 4.10. The highest BCUT2D eigenvalue weighted by Gasteiger charge is 2.10. The van der Waals surface area contributed by atoms with Crippen molar-refractivity contribution in [3.8, 4) is 0 Å². The van der Waals surface area contributed by atoms with Crippen molar-refractivity contribution in [3.63, 3.8) is 0 Å². The third-order valence-electron chi connectivity index (χ3n) is 4.37. The first kappa shape index (κ1) is 16.6. The molecule has 5 rings (SSSR count). The molecule has 0 saturated heterocycles. The van der Waals surface area contributed by atoms with Gasteiger partial charge in [-0.1, -0.05) is 12.1 Å². The summed E-state index contributed by atoms with van der Waals surface area (Å²) in [6.07, 6.45) is 1.79. The van der Waals surface area contributed by atoms with Crippen LogP contribution in [-0.2, 0) is 6.54 Å². The number of anilines is 3. The van der Waals surface area contributed by atoms with E-state index in [1.807, 2.05) is 29.6 Å². The molecule has 0 aliphatic carbocycles. The minimum absolute atomic E-state index is 0.249. The van der Waals surface area contributed by atoms with Crippen LogP contribution in [0.1, 0.15) is 5.56 Å². The van der Waals surface area contributed by atoms with Crippen LogP contribution in [0.5, 0.6) is 0 Å². The van der Waals surface area contributed by atoms with Crippen molar-refractivity contribution in [2.45, 2.75) is 6.54 Å². The van der Waals surface area contributed by atoms with Gasteiger partial charge in [-0.15, -0.1) is 11.3 Å². The van der Waals surface area contributed by atoms with Crippen LogP contribution in [0.4, 0.5) is 21.8 Å². The van der Waals surface area contributed by atoms with Crippen molar-refractivity contribution in [3.05, 3.63) is 71.5 Å². The summed E-state index contributed by atoms with van der Waals surface area (Å²) in [6.45, 7) is 0.510. The number of aromatic amines is 1. The fraction of sp³-hybridized carbons (Fsp3) is 0.0500. The van der Waals surface area contributed by atoms with Gasteiger partial charge in [0.05, 0.1) is 21.9 Å². The lowest BCUT2D eigenvalue weighted by Crippen LogP contribution is -2.05. The maximum absolute atomic E-state index is 13.1. The van der Waals surface area contributed by atoms with E-state index in [-0.39, 0.29) is 5.82 Å². The van der Waals surface area contributed by atoms with Crippen molar-refractivity contribution in [2.24, 2.45) is 0 Å². The zero-order valence-electron chi connectivity index (χ0n) is 14.6. The van der Waals surface area contributed by atoms with E-state index in [0.29, 0.717) is 12.5 Å². The molecule has 0 aliphatic rings. The van der Waals surface area contributed by atoms with E-state index in [4.69, 9.17) is 0 Å². The Morgan fingerprint density at radius 1 is 1.04 bits per heavy atom. The summed E-state index contributed by atoms with van der Waals surface area (Å²) in [7, 11) is 0. The zero-order chi connectivity index (χ0) is 18.9. The second-order valence-electron chi connectivity index (χ2n) is 6.31. The average molecular weight is 390 g/mol. The van der Waals surface area contributed by atoms with E-state index in [1.165, 1.54) is 12.1 Å². The molecule has 0 atom stereocenters. The zero-order valence-corrected chi connectivity index (χ0v) is 15.4. The smallest absolute Gasteiger partial charge is 0.225 e. The normalized spacial score (nSPS) is 11.2. The van der Waals surface area contributed by atoms with Crippen LogP contribution in [0.3, 0.4) is 0 Å². The molecule has 138 valence electrons. The average Bonchev–Trinajstić information content (AvgIpc) is 3.36. The van der Waals surface area contributed by atoms with Gasteiger partial charge in [0.25, 0.3) is 0 Å². The van der Waals surface area contributed by atoms with Gasteiger partial charge in [0, 0.05) is 17.6 Å². The number of benzene rings is 2. The Balaban J connectivity index is 1.44. The lowest BCUT2D eigenvalue weighted by atomic mass is 10.2. The number of aromatic nitrogens is 4. The number of nitrogens with one attached hydrogen (secondary N) is 3. The summed E-state index contributed by atoms with van der Waals surface area (Å²) < 4.78 is 14.1. The van der Waals surface area contributed by atoms with Crippen LogP contribution in [0, 0.1) is 5.82 Å². The fourth-order valence-electron chi connectivity index (χ4n) is 2.97. The summed E-state index contributed by atoms with van der Waals surface area (Å²) in [5.41, 5.74) is 3.73. The molecule has 0 aliphatic heterocycles. The summed E-state index contributed by atoms with van der Waals surface area (Å²) in [4.78, 5) is 9.22. The first-order valence-electron chi connectivity index (χ1n) is 8.68. The van der Waals surface area contributed by atoms with Crippen LogP contribution in [-0.4, -0.2) is 20.2 Å². The number of halogens is 1. The third kappa shape index (κ3) is 3.25. The monoisotopic (exact) mass is 390 g/mol. The quantitative estimate of drug-likeness (QED) is 0.391. The van der Waals surface area contributed by atoms with Crippen LogP contribution >= 0.6 is 11.3 Å². The predicted molar refractivity (Wildman–Crippen MR) is 111 cm³/mol. The standard InChI is InChI=1S/C20H15FN6S/c21-14-3-1-12(2-4-14)10-22-20-25-17-7-8-28-18(17)19(26-20)24-15-5-6-16-13(9-15)11-23-27-16/h1-9,11H,10H2,(H,23,27)(H2,22,24,25,26). The van der Waals surface area contributed by atoms with Gasteiger partial charge in [0.15, 0.2) is 5.82 Å². The summed E-state index contributed by atoms with van der Waals surface area (Å²) in [6, 6.07) is 14.3. The molecule has 3 heterocycles. The van der Waals surface area contributed by atoms with E-state index in [2.05, 4.69) is 30.8 Å². The first-order chi connectivity index (χ1) is 13.7. The maximum Gasteiger partial charge on any atom is 0.225 e. The van der Waals surface area contributed by atoms with E-state index in [1.54, 1.807) is 29.7 Å². The molecule has 0 bridgehead atoms. The third-order valence-corrected chi connectivity index (χ3v) is 5.28. The molecule has 2 aromatic carbocycles. The second-order valence-corrected chi connectivity index (χ2v) is 7.22. The van der Waals surface area contributed by atoms with Gasteiger partial charge in [0.2, 0.25) is 5.95 Å². The molecule has 0 spiro atoms. The number of hydrogen-bond acceptors (Lipinski definition) is 6. The number of rotatable bonds is 5. The lowest BCUT2D eigenvalue weighted by molar-refractivity contribution is 0.627. The van der Waals surface area contributed by atoms with Crippen molar-refractivity contribution in [1.29, 1.82) is 0 Å². The second kappa shape index (κ2) is 6.90. The Bertz CT molecular complexity index is 1260. The highest BCUT2D eigenvalue weighted by atomic mass is 32.1. The molecule has 0 saturated carbocycles. The van der Waals surface area contributed by atoms with E-state index >= 15 is 0 Å². The number of thiophene rings is 1. The van der Waals surface area contributed by atoms with Gasteiger partial charge < -0.3 is 10.6 Å². The van der Waals surface area contributed by atoms with Gasteiger partial charge in [-0.25, -0.2) is 9.37 Å². The van der Waals surface area contributed by atoms with Gasteiger partial charge in [0.1, 0.15) is 5.82 Å². The van der Waals surface area contributed by atoms with Crippen LogP contribution in [0.25, 0.3) is 21.1 Å². The SMILES string of the molecule is Fc1ccc(CNc2nc(Nc3ccc4[nH]ncc4c3)c3sccc3n2)cc1. The molecule has 3 aromatic heterocycles. The topological polar surface area (TPSA) is 78.5 Å². The van der Waals surface area contributed by atoms with Crippen molar-refractivity contribution in [1.82, 2.24) is 20.2 Å². The molecular formula is C20H15FN6S. The molecule has 0 fully saturated rings. The molecular weight excluding hydrogens is 375 g/mol. The summed E-state index contributed by atoms with van der Waals surface area (Å²) in [5, 5.41) is 16.6. The van der Waals surface area contributed by atoms with Gasteiger partial charge >= 0.3 is 0 Å². The summed E-state index contributed by atoms with van der Waals surface area (Å²) >= 11 is 1.59. The summed E-state index contributed by atoms with van der Waals surface area (Å²) in [5.74, 6) is 1.01. The Morgan fingerprint density at radius 2 is 1.93 bits per heavy atom. The van der Waals surface area contributed by atoms with Crippen LogP contribution in [0.2, 0.25) is 0 Å². The Hall–Kier alpha value is -3.52. The fourth-order valence-corrected chi connectivity index (χ4v) is 3.74. The number of hydrogen-bond donors (Lipinski definition) is 3. The minimum Gasteiger partial charge on any atom is -0.350 e. The molecule has 0 radical (unpaired) electrons. The highest BCUT2D eigenvalue weighted by Crippen LogP contribution is 2.30. The predicted octanol–water partition coefficient (Wildman–Crippen LogP) is 5.06. The maximum atomic E-state index is 13.1. The van der Waals surface area contributed by atoms with Gasteiger partial charge in [-0.2, -0.15) is 10.1 Å². The molecule has 0 amide bonds. The molecule has 5 aromatic rings.